The van der Waals surface area contributed by atoms with Crippen LogP contribution >= 0.6 is 0 Å². The fourth-order valence-electron chi connectivity index (χ4n) is 5.15. The number of ether oxygens (including phenoxy) is 1. The Hall–Kier alpha value is -3.44. The number of aliphatic carboxylic acids is 2. The van der Waals surface area contributed by atoms with Gasteiger partial charge in [0.25, 0.3) is 0 Å². The summed E-state index contributed by atoms with van der Waals surface area (Å²) in [7, 11) is 0. The highest BCUT2D eigenvalue weighted by Crippen LogP contribution is 2.12. The van der Waals surface area contributed by atoms with Gasteiger partial charge in [-0.3, -0.25) is 14.4 Å². The predicted molar refractivity (Wildman–Crippen MR) is 186 cm³/mol. The van der Waals surface area contributed by atoms with Crippen LogP contribution in [0.5, 0.6) is 0 Å². The molecule has 1 aromatic rings. The molecule has 0 aliphatic heterocycles. The zero-order valence-corrected chi connectivity index (χ0v) is 29.9. The SMILES string of the molecule is CCCCCCCCCCCC(=O)N[C@@H](CC(=O)O)C(=O)O.CCCCCCCCCCCC(=O)N[C@@H](Cc1cnc[nH]1)C(=O)OCC. The number of aromatic nitrogens is 2. The lowest BCUT2D eigenvalue weighted by Crippen LogP contribution is -2.43. The molecule has 1 rings (SSSR count). The Labute approximate surface area is 288 Å². The molecule has 2 amide bonds. The second-order valence-electron chi connectivity index (χ2n) is 12.4. The molecular formula is C36H64N4O8. The van der Waals surface area contributed by atoms with E-state index in [1.54, 1.807) is 19.4 Å². The van der Waals surface area contributed by atoms with Gasteiger partial charge in [0.05, 0.1) is 19.4 Å². The Morgan fingerprint density at radius 3 is 1.50 bits per heavy atom. The number of hydrogen-bond acceptors (Lipinski definition) is 7. The van der Waals surface area contributed by atoms with Crippen LogP contribution in [0.25, 0.3) is 0 Å². The molecule has 276 valence electrons. The van der Waals surface area contributed by atoms with Crippen molar-refractivity contribution in [2.75, 3.05) is 6.61 Å². The minimum Gasteiger partial charge on any atom is -0.481 e. The molecule has 0 saturated carbocycles. The lowest BCUT2D eigenvalue weighted by Gasteiger charge is -2.16. The molecule has 0 aromatic carbocycles. The number of carbonyl (C=O) groups excluding carboxylic acids is 3. The third kappa shape index (κ3) is 26.6. The van der Waals surface area contributed by atoms with Gasteiger partial charge >= 0.3 is 17.9 Å². The van der Waals surface area contributed by atoms with E-state index in [1.807, 2.05) is 0 Å². The summed E-state index contributed by atoms with van der Waals surface area (Å²) in [5.74, 6) is -3.44. The Morgan fingerprint density at radius 1 is 0.688 bits per heavy atom. The van der Waals surface area contributed by atoms with Gasteiger partial charge < -0.3 is 30.6 Å². The summed E-state index contributed by atoms with van der Waals surface area (Å²) in [6, 6.07) is -2.01. The average molecular weight is 681 g/mol. The van der Waals surface area contributed by atoms with Crippen LogP contribution in [0.15, 0.2) is 12.5 Å². The molecule has 2 atom stereocenters. The van der Waals surface area contributed by atoms with Gasteiger partial charge in [-0.15, -0.1) is 0 Å². The zero-order valence-electron chi connectivity index (χ0n) is 29.9. The molecule has 1 aromatic heterocycles. The predicted octanol–water partition coefficient (Wildman–Crippen LogP) is 6.87. The van der Waals surface area contributed by atoms with E-state index in [1.165, 1.54) is 83.5 Å². The molecule has 0 aliphatic carbocycles. The average Bonchev–Trinajstić information content (AvgIpc) is 3.56. The maximum Gasteiger partial charge on any atom is 0.329 e. The van der Waals surface area contributed by atoms with Crippen LogP contribution in [-0.4, -0.2) is 68.6 Å². The molecule has 12 heteroatoms. The molecular weight excluding hydrogens is 616 g/mol. The summed E-state index contributed by atoms with van der Waals surface area (Å²) >= 11 is 0. The summed E-state index contributed by atoms with van der Waals surface area (Å²) in [6.07, 6.45) is 24.8. The fraction of sp³-hybridized carbons (Fsp3) is 0.778. The lowest BCUT2D eigenvalue weighted by atomic mass is 10.1. The number of nitrogens with zero attached hydrogens (tertiary/aromatic N) is 1. The molecule has 0 radical (unpaired) electrons. The number of carboxylic acid groups (broad SMARTS) is 2. The molecule has 0 spiro atoms. The number of hydrogen-bond donors (Lipinski definition) is 5. The number of carboxylic acids is 2. The van der Waals surface area contributed by atoms with Gasteiger partial charge in [0.2, 0.25) is 11.8 Å². The Kier molecular flexibility index (Phi) is 28.7. The highest BCUT2D eigenvalue weighted by molar-refractivity contribution is 5.86. The maximum atomic E-state index is 12.2. The number of nitrogens with one attached hydrogen (secondary N) is 3. The third-order valence-electron chi connectivity index (χ3n) is 7.91. The molecule has 48 heavy (non-hydrogen) atoms. The number of esters is 1. The Bertz CT molecular complexity index is 987. The number of unbranched alkanes of at least 4 members (excludes halogenated alkanes) is 16. The van der Waals surface area contributed by atoms with Crippen molar-refractivity contribution in [2.45, 2.75) is 174 Å². The minimum atomic E-state index is -1.34. The Morgan fingerprint density at radius 2 is 1.12 bits per heavy atom. The van der Waals surface area contributed by atoms with Crippen molar-refractivity contribution in [3.63, 3.8) is 0 Å². The summed E-state index contributed by atoms with van der Waals surface area (Å²) in [4.78, 5) is 64.0. The van der Waals surface area contributed by atoms with Crippen molar-refractivity contribution >= 4 is 29.7 Å². The first-order valence-corrected chi connectivity index (χ1v) is 18.3. The maximum absolute atomic E-state index is 12.2. The summed E-state index contributed by atoms with van der Waals surface area (Å²) < 4.78 is 5.06. The van der Waals surface area contributed by atoms with E-state index in [0.29, 0.717) is 25.9 Å². The van der Waals surface area contributed by atoms with Crippen molar-refractivity contribution < 1.29 is 38.9 Å². The summed E-state index contributed by atoms with van der Waals surface area (Å²) in [5.41, 5.74) is 0.798. The molecule has 0 aliphatic rings. The molecule has 0 fully saturated rings. The first-order valence-electron chi connectivity index (χ1n) is 18.3. The summed E-state index contributed by atoms with van der Waals surface area (Å²) in [5, 5.41) is 22.5. The van der Waals surface area contributed by atoms with Crippen molar-refractivity contribution in [3.8, 4) is 0 Å². The molecule has 0 unspecified atom stereocenters. The number of rotatable bonds is 29. The molecule has 0 bridgehead atoms. The number of H-pyrrole nitrogens is 1. The quantitative estimate of drug-likeness (QED) is 0.0444. The second kappa shape index (κ2) is 30.9. The first-order chi connectivity index (χ1) is 23.1. The van der Waals surface area contributed by atoms with Crippen LogP contribution in [0.2, 0.25) is 0 Å². The van der Waals surface area contributed by atoms with Crippen LogP contribution in [0, 0.1) is 0 Å². The normalized spacial score (nSPS) is 11.9. The Balaban J connectivity index is 0.000000935. The van der Waals surface area contributed by atoms with Crippen molar-refractivity contribution in [1.82, 2.24) is 20.6 Å². The van der Waals surface area contributed by atoms with Crippen molar-refractivity contribution in [1.29, 1.82) is 0 Å². The topological polar surface area (TPSA) is 188 Å². The van der Waals surface area contributed by atoms with E-state index in [9.17, 15) is 24.0 Å². The lowest BCUT2D eigenvalue weighted by molar-refractivity contribution is -0.147. The zero-order chi connectivity index (χ0) is 35.8. The first kappa shape index (κ1) is 44.6. The molecule has 0 saturated heterocycles. The molecule has 5 N–H and O–H groups in total. The standard InChI is InChI=1S/C20H35N3O3.C16H29NO5/c1-3-5-6-7-8-9-10-11-12-13-19(24)23-18(20(25)26-4-2)14-17-15-21-16-22-17;1-2-3-4-5-6-7-8-9-10-11-14(18)17-13(16(21)22)12-15(19)20/h15-16,18H,3-14H2,1-2H3,(H,21,22)(H,23,24);13H,2-12H2,1H3,(H,17,18)(H,19,20)(H,21,22)/t18-;13-/m00/s1. The van der Waals surface area contributed by atoms with Gasteiger partial charge in [-0.05, 0) is 19.8 Å². The fourth-order valence-corrected chi connectivity index (χ4v) is 5.15. The van der Waals surface area contributed by atoms with E-state index in [-0.39, 0.29) is 12.3 Å². The minimum absolute atomic E-state index is 0.0921. The van der Waals surface area contributed by atoms with Crippen LogP contribution in [0.1, 0.15) is 161 Å². The van der Waals surface area contributed by atoms with E-state index >= 15 is 0 Å². The van der Waals surface area contributed by atoms with Crippen LogP contribution in [0.4, 0.5) is 0 Å². The largest absolute Gasteiger partial charge is 0.481 e. The smallest absolute Gasteiger partial charge is 0.329 e. The van der Waals surface area contributed by atoms with Crippen molar-refractivity contribution in [3.05, 3.63) is 18.2 Å². The highest BCUT2D eigenvalue weighted by atomic mass is 16.5. The van der Waals surface area contributed by atoms with Crippen LogP contribution < -0.4 is 10.6 Å². The highest BCUT2D eigenvalue weighted by Gasteiger charge is 2.23. The van der Waals surface area contributed by atoms with Gasteiger partial charge in [0.15, 0.2) is 0 Å². The van der Waals surface area contributed by atoms with Crippen LogP contribution in [-0.2, 0) is 35.1 Å². The molecule has 12 nitrogen and oxygen atoms in total. The summed E-state index contributed by atoms with van der Waals surface area (Å²) in [6.45, 7) is 6.48. The third-order valence-corrected chi connectivity index (χ3v) is 7.91. The second-order valence-corrected chi connectivity index (χ2v) is 12.4. The van der Waals surface area contributed by atoms with Crippen molar-refractivity contribution in [2.24, 2.45) is 0 Å². The number of imidazole rings is 1. The van der Waals surface area contributed by atoms with Gasteiger partial charge in [0.1, 0.15) is 12.1 Å². The van der Waals surface area contributed by atoms with E-state index in [4.69, 9.17) is 14.9 Å². The molecule has 1 heterocycles. The number of aromatic amines is 1. The number of carbonyl (C=O) groups is 5. The van der Waals surface area contributed by atoms with E-state index < -0.39 is 42.3 Å². The van der Waals surface area contributed by atoms with Gasteiger partial charge in [-0.1, -0.05) is 117 Å². The number of amides is 2. The van der Waals surface area contributed by atoms with Gasteiger partial charge in [0, 0.05) is 31.2 Å². The van der Waals surface area contributed by atoms with E-state index in [0.717, 1.165) is 31.4 Å². The van der Waals surface area contributed by atoms with Gasteiger partial charge in [-0.2, -0.15) is 0 Å². The van der Waals surface area contributed by atoms with Gasteiger partial charge in [-0.25, -0.2) is 14.6 Å². The van der Waals surface area contributed by atoms with E-state index in [2.05, 4.69) is 34.4 Å². The monoisotopic (exact) mass is 680 g/mol. The van der Waals surface area contributed by atoms with Crippen LogP contribution in [0.3, 0.4) is 0 Å².